The molecule has 0 bridgehead atoms. The molecule has 22 heavy (non-hydrogen) atoms. The minimum absolute atomic E-state index is 0.251. The van der Waals surface area contributed by atoms with Crippen LogP contribution in [0.3, 0.4) is 0 Å². The van der Waals surface area contributed by atoms with Gasteiger partial charge in [0.1, 0.15) is 11.4 Å². The summed E-state index contributed by atoms with van der Waals surface area (Å²) in [4.78, 5) is 25.0. The van der Waals surface area contributed by atoms with Gasteiger partial charge >= 0.3 is 0 Å². The number of nitrogens with one attached hydrogen (secondary N) is 1. The Labute approximate surface area is 143 Å². The lowest BCUT2D eigenvalue weighted by Gasteiger charge is -2.37. The van der Waals surface area contributed by atoms with Crippen molar-refractivity contribution in [2.45, 2.75) is 31.3 Å². The minimum atomic E-state index is -1.62. The van der Waals surface area contributed by atoms with E-state index in [2.05, 4.69) is 5.32 Å². The van der Waals surface area contributed by atoms with Crippen LogP contribution in [0.4, 0.5) is 0 Å². The van der Waals surface area contributed by atoms with E-state index in [4.69, 9.17) is 4.74 Å². The van der Waals surface area contributed by atoms with Gasteiger partial charge in [-0.25, -0.2) is 0 Å². The van der Waals surface area contributed by atoms with Crippen molar-refractivity contribution in [2.24, 2.45) is 5.92 Å². The average molecular weight is 417 g/mol. The summed E-state index contributed by atoms with van der Waals surface area (Å²) in [6, 6.07) is 6.61. The number of amides is 1. The van der Waals surface area contributed by atoms with Gasteiger partial charge in [-0.05, 0) is 37.1 Å². The van der Waals surface area contributed by atoms with E-state index in [1.165, 1.54) is 0 Å². The van der Waals surface area contributed by atoms with Gasteiger partial charge in [0.05, 0.1) is 17.6 Å². The maximum atomic E-state index is 12.8. The Hall–Kier alpha value is -1.15. The number of alkyl halides is 1. The van der Waals surface area contributed by atoms with Crippen molar-refractivity contribution < 1.29 is 19.4 Å². The van der Waals surface area contributed by atoms with Crippen LogP contribution < -0.4 is 10.1 Å². The van der Waals surface area contributed by atoms with Gasteiger partial charge in [0.2, 0.25) is 5.91 Å². The van der Waals surface area contributed by atoms with Crippen molar-refractivity contribution in [3.8, 4) is 5.75 Å². The lowest BCUT2D eigenvalue weighted by molar-refractivity contribution is -0.134. The number of carbonyl (C=O) groups excluding carboxylic acids is 2. The summed E-state index contributed by atoms with van der Waals surface area (Å²) >= 11 is 2.03. The number of Topliss-reactive ketones (excluding diaryl/α,β-unsaturated/α-hetero) is 1. The fourth-order valence-corrected chi connectivity index (χ4v) is 3.33. The lowest BCUT2D eigenvalue weighted by Crippen LogP contribution is -2.53. The summed E-state index contributed by atoms with van der Waals surface area (Å²) in [6.07, 6.45) is 2.43. The van der Waals surface area contributed by atoms with Crippen LogP contribution in [0.2, 0.25) is 0 Å². The molecule has 2 unspecified atom stereocenters. The number of rotatable bonds is 5. The number of hydrogen-bond donors (Lipinski definition) is 2. The Morgan fingerprint density at radius 3 is 2.64 bits per heavy atom. The minimum Gasteiger partial charge on any atom is -0.497 e. The van der Waals surface area contributed by atoms with Crippen molar-refractivity contribution in [1.82, 2.24) is 5.32 Å². The molecule has 0 spiro atoms. The normalized spacial score (nSPS) is 24.6. The topological polar surface area (TPSA) is 75.6 Å². The Morgan fingerprint density at radius 1 is 1.36 bits per heavy atom. The first-order chi connectivity index (χ1) is 10.5. The van der Waals surface area contributed by atoms with Gasteiger partial charge in [-0.15, -0.1) is 0 Å². The fraction of sp³-hybridized carbons (Fsp3) is 0.500. The number of aliphatic hydroxyl groups is 1. The first-order valence-electron chi connectivity index (χ1n) is 7.28. The van der Waals surface area contributed by atoms with Crippen molar-refractivity contribution in [1.29, 1.82) is 0 Å². The number of carbonyl (C=O) groups is 2. The number of ketones is 1. The lowest BCUT2D eigenvalue weighted by atomic mass is 9.71. The molecule has 0 saturated heterocycles. The monoisotopic (exact) mass is 417 g/mol. The van der Waals surface area contributed by atoms with E-state index in [-0.39, 0.29) is 11.7 Å². The van der Waals surface area contributed by atoms with E-state index in [1.807, 2.05) is 22.6 Å². The highest BCUT2D eigenvalue weighted by Gasteiger charge is 2.48. The number of halogens is 1. The van der Waals surface area contributed by atoms with Gasteiger partial charge in [-0.2, -0.15) is 0 Å². The third kappa shape index (κ3) is 3.43. The van der Waals surface area contributed by atoms with Gasteiger partial charge in [-0.3, -0.25) is 9.59 Å². The smallest absolute Gasteiger partial charge is 0.227 e. The fourth-order valence-electron chi connectivity index (χ4n) is 2.96. The molecule has 1 aromatic rings. The van der Waals surface area contributed by atoms with Crippen LogP contribution in [-0.4, -0.2) is 34.1 Å². The molecule has 0 radical (unpaired) electrons. The molecule has 2 rings (SSSR count). The van der Waals surface area contributed by atoms with Crippen LogP contribution in [0.15, 0.2) is 24.3 Å². The summed E-state index contributed by atoms with van der Waals surface area (Å²) in [5.74, 6) is -0.682. The van der Waals surface area contributed by atoms with Gasteiger partial charge in [-0.1, -0.05) is 35.4 Å². The second kappa shape index (κ2) is 7.41. The maximum Gasteiger partial charge on any atom is 0.227 e. The van der Waals surface area contributed by atoms with Gasteiger partial charge in [0.15, 0.2) is 5.78 Å². The molecule has 1 fully saturated rings. The highest BCUT2D eigenvalue weighted by Crippen LogP contribution is 2.37. The van der Waals surface area contributed by atoms with E-state index in [1.54, 1.807) is 31.4 Å². The van der Waals surface area contributed by atoms with Gasteiger partial charge in [0, 0.05) is 5.56 Å². The van der Waals surface area contributed by atoms with Crippen molar-refractivity contribution >= 4 is 34.3 Å². The second-order valence-electron chi connectivity index (χ2n) is 5.45. The zero-order valence-electron chi connectivity index (χ0n) is 12.5. The summed E-state index contributed by atoms with van der Waals surface area (Å²) in [6.45, 7) is 0. The van der Waals surface area contributed by atoms with Crippen LogP contribution in [0.5, 0.6) is 5.75 Å². The molecule has 6 heteroatoms. The quantitative estimate of drug-likeness (QED) is 0.334. The maximum absolute atomic E-state index is 12.8. The SMILES string of the molecule is COc1ccc(C(=O)C2(O)CCCCC2C(=O)NCI)cc1. The summed E-state index contributed by atoms with van der Waals surface area (Å²) < 4.78 is 5.53. The molecule has 5 nitrogen and oxygen atoms in total. The number of benzene rings is 1. The molecule has 1 aromatic carbocycles. The van der Waals surface area contributed by atoms with E-state index in [0.717, 1.165) is 12.8 Å². The van der Waals surface area contributed by atoms with Crippen LogP contribution >= 0.6 is 22.6 Å². The molecule has 2 N–H and O–H groups in total. The van der Waals surface area contributed by atoms with Gasteiger partial charge < -0.3 is 15.2 Å². The van der Waals surface area contributed by atoms with E-state index >= 15 is 0 Å². The number of methoxy groups -OCH3 is 1. The highest BCUT2D eigenvalue weighted by molar-refractivity contribution is 14.1. The molecular weight excluding hydrogens is 397 g/mol. The molecule has 1 aliphatic carbocycles. The summed E-state index contributed by atoms with van der Waals surface area (Å²) in [5, 5.41) is 13.6. The molecule has 1 saturated carbocycles. The Balaban J connectivity index is 2.27. The second-order valence-corrected chi connectivity index (χ2v) is 6.22. The summed E-state index contributed by atoms with van der Waals surface area (Å²) in [5.41, 5.74) is -1.22. The van der Waals surface area contributed by atoms with Crippen molar-refractivity contribution in [3.05, 3.63) is 29.8 Å². The number of ether oxygens (including phenoxy) is 1. The zero-order valence-corrected chi connectivity index (χ0v) is 14.6. The molecule has 0 aromatic heterocycles. The first-order valence-corrected chi connectivity index (χ1v) is 8.80. The molecule has 0 heterocycles. The van der Waals surface area contributed by atoms with Crippen LogP contribution in [0.25, 0.3) is 0 Å². The Bertz CT molecular complexity index is 546. The first kappa shape index (κ1) is 17.2. The van der Waals surface area contributed by atoms with Crippen LogP contribution in [0.1, 0.15) is 36.0 Å². The van der Waals surface area contributed by atoms with E-state index < -0.39 is 11.5 Å². The summed E-state index contributed by atoms with van der Waals surface area (Å²) in [7, 11) is 1.55. The zero-order chi connectivity index (χ0) is 16.2. The Kier molecular flexibility index (Phi) is 5.80. The molecule has 2 atom stereocenters. The predicted molar refractivity (Wildman–Crippen MR) is 91.3 cm³/mol. The van der Waals surface area contributed by atoms with Crippen LogP contribution in [-0.2, 0) is 4.79 Å². The van der Waals surface area contributed by atoms with Crippen LogP contribution in [0, 0.1) is 5.92 Å². The van der Waals surface area contributed by atoms with Crippen molar-refractivity contribution in [2.75, 3.05) is 11.7 Å². The highest BCUT2D eigenvalue weighted by atomic mass is 127. The third-order valence-electron chi connectivity index (χ3n) is 4.18. The molecular formula is C16H20INO4. The average Bonchev–Trinajstić information content (AvgIpc) is 2.54. The number of hydrogen-bond acceptors (Lipinski definition) is 4. The molecule has 1 amide bonds. The van der Waals surface area contributed by atoms with Crippen molar-refractivity contribution in [3.63, 3.8) is 0 Å². The van der Waals surface area contributed by atoms with E-state index in [9.17, 15) is 14.7 Å². The van der Waals surface area contributed by atoms with Gasteiger partial charge in [0.25, 0.3) is 0 Å². The molecule has 1 aliphatic rings. The largest absolute Gasteiger partial charge is 0.497 e. The van der Waals surface area contributed by atoms with E-state index in [0.29, 0.717) is 28.7 Å². The molecule has 120 valence electrons. The standard InChI is InChI=1S/C16H20INO4/c1-22-12-7-5-11(6-8-12)14(19)16(21)9-3-2-4-13(16)15(20)18-10-17/h5-8,13,21H,2-4,9-10H2,1H3,(H,18,20). The Morgan fingerprint density at radius 2 is 2.05 bits per heavy atom. The third-order valence-corrected chi connectivity index (χ3v) is 4.56. The molecule has 0 aliphatic heterocycles. The predicted octanol–water partition coefficient (Wildman–Crippen LogP) is 2.31.